The van der Waals surface area contributed by atoms with Crippen LogP contribution in [0.2, 0.25) is 24.2 Å². The summed E-state index contributed by atoms with van der Waals surface area (Å²) >= 11 is 0. The number of hydrogen-bond donors (Lipinski definition) is 1. The van der Waals surface area contributed by atoms with Crippen molar-refractivity contribution >= 4 is 14.0 Å². The van der Waals surface area contributed by atoms with E-state index in [0.29, 0.717) is 23.3 Å². The van der Waals surface area contributed by atoms with Gasteiger partial charge in [-0.25, -0.2) is 4.79 Å². The van der Waals surface area contributed by atoms with Crippen molar-refractivity contribution in [1.29, 1.82) is 0 Å². The zero-order valence-electron chi connectivity index (χ0n) is 14.5. The van der Waals surface area contributed by atoms with Gasteiger partial charge in [-0.15, -0.1) is 0 Å². The highest BCUT2D eigenvalue weighted by Crippen LogP contribution is 2.36. The summed E-state index contributed by atoms with van der Waals surface area (Å²) in [5, 5.41) is 9.07. The number of carbonyl (C=O) groups is 1. The van der Waals surface area contributed by atoms with Gasteiger partial charge in [-0.2, -0.15) is 0 Å². The van der Waals surface area contributed by atoms with Crippen molar-refractivity contribution in [2.24, 2.45) is 17.8 Å². The normalized spacial score (nSPS) is 13.6. The van der Waals surface area contributed by atoms with Gasteiger partial charge < -0.3 is 5.11 Å². The minimum Gasteiger partial charge on any atom is -0.478 e. The fourth-order valence-electron chi connectivity index (χ4n) is 3.55. The van der Waals surface area contributed by atoms with Crippen LogP contribution in [0.15, 0.2) is 11.6 Å². The lowest BCUT2D eigenvalue weighted by Crippen LogP contribution is -2.38. The summed E-state index contributed by atoms with van der Waals surface area (Å²) < 4.78 is 0. The van der Waals surface area contributed by atoms with Gasteiger partial charge in [-0.3, -0.25) is 0 Å². The summed E-state index contributed by atoms with van der Waals surface area (Å²) in [5.41, 5.74) is 0.512. The summed E-state index contributed by atoms with van der Waals surface area (Å²) in [4.78, 5) is 11.0. The monoisotopic (exact) mass is 298 g/mol. The van der Waals surface area contributed by atoms with E-state index in [0.717, 1.165) is 6.04 Å². The number of aliphatic carboxylic acids is 1. The lowest BCUT2D eigenvalue weighted by molar-refractivity contribution is -0.132. The Morgan fingerprint density at radius 3 is 1.55 bits per heavy atom. The van der Waals surface area contributed by atoms with Crippen molar-refractivity contribution in [3.05, 3.63) is 11.6 Å². The Kier molecular flexibility index (Phi) is 8.41. The van der Waals surface area contributed by atoms with Crippen molar-refractivity contribution in [3.8, 4) is 0 Å². The van der Waals surface area contributed by atoms with E-state index in [-0.39, 0.29) is 0 Å². The summed E-state index contributed by atoms with van der Waals surface area (Å²) in [6, 6.07) is 4.96. The molecule has 3 heteroatoms. The molecule has 0 bridgehead atoms. The van der Waals surface area contributed by atoms with E-state index in [1.165, 1.54) is 18.1 Å². The predicted octanol–water partition coefficient (Wildman–Crippen LogP) is 5.43. The summed E-state index contributed by atoms with van der Waals surface area (Å²) in [5.74, 6) is 1.35. The Morgan fingerprint density at radius 2 is 1.30 bits per heavy atom. The summed E-state index contributed by atoms with van der Waals surface area (Å²) in [7, 11) is -1.43. The zero-order valence-corrected chi connectivity index (χ0v) is 15.5. The molecule has 118 valence electrons. The Labute approximate surface area is 126 Å². The average Bonchev–Trinajstić information content (AvgIpc) is 2.22. The largest absolute Gasteiger partial charge is 0.478 e. The second kappa shape index (κ2) is 8.66. The maximum absolute atomic E-state index is 11.0. The standard InChI is InChI=1S/C17H34O2Si/c1-13(2)10-20(11-14(3)4,12-15(5)6)9-8-16(7)17(18)19/h8,13-15H,9-12H2,1-7H3,(H,18,19). The molecule has 0 aliphatic heterocycles. The molecule has 0 saturated carbocycles. The van der Waals surface area contributed by atoms with Crippen LogP contribution in [0, 0.1) is 17.8 Å². The van der Waals surface area contributed by atoms with Gasteiger partial charge in [0.15, 0.2) is 0 Å². The van der Waals surface area contributed by atoms with Crippen molar-refractivity contribution in [3.63, 3.8) is 0 Å². The maximum Gasteiger partial charge on any atom is 0.330 e. The van der Waals surface area contributed by atoms with Crippen LogP contribution in [0.25, 0.3) is 0 Å². The van der Waals surface area contributed by atoms with Crippen LogP contribution >= 0.6 is 0 Å². The highest BCUT2D eigenvalue weighted by Gasteiger charge is 2.34. The third-order valence-electron chi connectivity index (χ3n) is 3.70. The second-order valence-electron chi connectivity index (χ2n) is 7.69. The van der Waals surface area contributed by atoms with E-state index >= 15 is 0 Å². The minimum atomic E-state index is -1.43. The van der Waals surface area contributed by atoms with E-state index in [4.69, 9.17) is 5.11 Å². The van der Waals surface area contributed by atoms with Gasteiger partial charge in [-0.1, -0.05) is 65.8 Å². The highest BCUT2D eigenvalue weighted by atomic mass is 28.3. The van der Waals surface area contributed by atoms with Crippen LogP contribution in [0.1, 0.15) is 48.5 Å². The molecule has 0 amide bonds. The first-order valence-corrected chi connectivity index (χ1v) is 10.8. The molecule has 0 heterocycles. The first kappa shape index (κ1) is 19.4. The Hall–Kier alpha value is -0.573. The molecular weight excluding hydrogens is 264 g/mol. The maximum atomic E-state index is 11.0. The first-order valence-electron chi connectivity index (χ1n) is 7.98. The summed E-state index contributed by atoms with van der Waals surface area (Å²) in [6.07, 6.45) is 2.00. The Balaban J connectivity index is 5.24. The van der Waals surface area contributed by atoms with Crippen LogP contribution < -0.4 is 0 Å². The van der Waals surface area contributed by atoms with E-state index < -0.39 is 14.0 Å². The molecule has 0 aromatic heterocycles. The number of carboxylic acids is 1. The van der Waals surface area contributed by atoms with E-state index in [9.17, 15) is 4.79 Å². The fourth-order valence-corrected chi connectivity index (χ4v) is 10.5. The van der Waals surface area contributed by atoms with Crippen LogP contribution in [-0.2, 0) is 4.79 Å². The van der Waals surface area contributed by atoms with Crippen molar-refractivity contribution < 1.29 is 9.90 Å². The Morgan fingerprint density at radius 1 is 0.950 bits per heavy atom. The van der Waals surface area contributed by atoms with Crippen LogP contribution in [-0.4, -0.2) is 19.1 Å². The molecule has 0 fully saturated rings. The second-order valence-corrected chi connectivity index (χ2v) is 12.3. The van der Waals surface area contributed by atoms with Crippen LogP contribution in [0.3, 0.4) is 0 Å². The Bertz CT molecular complexity index is 303. The number of rotatable bonds is 9. The average molecular weight is 299 g/mol. The summed E-state index contributed by atoms with van der Waals surface area (Å²) in [6.45, 7) is 15.5. The van der Waals surface area contributed by atoms with Crippen LogP contribution in [0.4, 0.5) is 0 Å². The van der Waals surface area contributed by atoms with E-state index in [1.54, 1.807) is 6.92 Å². The molecule has 1 N–H and O–H groups in total. The van der Waals surface area contributed by atoms with Crippen molar-refractivity contribution in [1.82, 2.24) is 0 Å². The third kappa shape index (κ3) is 7.88. The molecule has 0 atom stereocenters. The van der Waals surface area contributed by atoms with Crippen molar-refractivity contribution in [2.75, 3.05) is 0 Å². The molecule has 0 unspecified atom stereocenters. The molecule has 0 spiro atoms. The van der Waals surface area contributed by atoms with E-state index in [2.05, 4.69) is 41.5 Å². The molecule has 0 rings (SSSR count). The predicted molar refractivity (Wildman–Crippen MR) is 90.9 cm³/mol. The molecule has 0 radical (unpaired) electrons. The van der Waals surface area contributed by atoms with Gasteiger partial charge in [0.2, 0.25) is 0 Å². The minimum absolute atomic E-state index is 0.512. The quantitative estimate of drug-likeness (QED) is 0.455. The lowest BCUT2D eigenvalue weighted by Gasteiger charge is -2.36. The first-order chi connectivity index (χ1) is 9.08. The van der Waals surface area contributed by atoms with Gasteiger partial charge in [0, 0.05) is 5.57 Å². The zero-order chi connectivity index (χ0) is 15.9. The third-order valence-corrected chi connectivity index (χ3v) is 9.82. The smallest absolute Gasteiger partial charge is 0.330 e. The lowest BCUT2D eigenvalue weighted by atomic mass is 10.2. The van der Waals surface area contributed by atoms with Crippen LogP contribution in [0.5, 0.6) is 0 Å². The number of hydrogen-bond acceptors (Lipinski definition) is 1. The van der Waals surface area contributed by atoms with Gasteiger partial charge in [0.05, 0.1) is 8.07 Å². The molecule has 20 heavy (non-hydrogen) atoms. The van der Waals surface area contributed by atoms with Crippen molar-refractivity contribution in [2.45, 2.75) is 72.6 Å². The molecule has 0 aromatic carbocycles. The molecule has 2 nitrogen and oxygen atoms in total. The van der Waals surface area contributed by atoms with Gasteiger partial charge >= 0.3 is 5.97 Å². The van der Waals surface area contributed by atoms with E-state index in [1.807, 2.05) is 6.08 Å². The van der Waals surface area contributed by atoms with Gasteiger partial charge in [-0.05, 0) is 30.7 Å². The molecular formula is C17H34O2Si. The molecule has 0 saturated heterocycles. The van der Waals surface area contributed by atoms with Gasteiger partial charge in [0.25, 0.3) is 0 Å². The number of carboxylic acid groups (broad SMARTS) is 1. The highest BCUT2D eigenvalue weighted by molar-refractivity contribution is 6.80. The molecule has 0 aliphatic rings. The topological polar surface area (TPSA) is 37.3 Å². The SMILES string of the molecule is CC(=CC[Si](CC(C)C)(CC(C)C)CC(C)C)C(=O)O. The fraction of sp³-hybridized carbons (Fsp3) is 0.824. The molecule has 0 aliphatic carbocycles. The molecule has 0 aromatic rings. The number of allylic oxidation sites excluding steroid dienone is 1. The van der Waals surface area contributed by atoms with Gasteiger partial charge in [0.1, 0.15) is 0 Å².